The van der Waals surface area contributed by atoms with Gasteiger partial charge in [0.15, 0.2) is 15.0 Å². The molecule has 2 aromatic carbocycles. The highest BCUT2D eigenvalue weighted by atomic mass is 32.2. The lowest BCUT2D eigenvalue weighted by atomic mass is 10.2. The van der Waals surface area contributed by atoms with E-state index in [4.69, 9.17) is 4.98 Å². The minimum absolute atomic E-state index is 0.0170. The molecular weight excluding hydrogens is 456 g/mol. The van der Waals surface area contributed by atoms with Crippen molar-refractivity contribution >= 4 is 42.4 Å². The molecule has 2 heterocycles. The second-order valence-corrected chi connectivity index (χ2v) is 11.0. The summed E-state index contributed by atoms with van der Waals surface area (Å²) in [5.74, 6) is -0.278. The van der Waals surface area contributed by atoms with Gasteiger partial charge in [0.05, 0.1) is 27.2 Å². The van der Waals surface area contributed by atoms with Gasteiger partial charge in [-0.15, -0.1) is 0 Å². The summed E-state index contributed by atoms with van der Waals surface area (Å²) < 4.78 is 27.7. The third kappa shape index (κ3) is 5.15. The van der Waals surface area contributed by atoms with Crippen molar-refractivity contribution in [3.63, 3.8) is 0 Å². The van der Waals surface area contributed by atoms with Gasteiger partial charge in [-0.3, -0.25) is 9.69 Å². The zero-order valence-corrected chi connectivity index (χ0v) is 20.3. The average molecular weight is 483 g/mol. The summed E-state index contributed by atoms with van der Waals surface area (Å²) in [6.07, 6.45) is 6.98. The molecule has 4 aromatic rings. The molecule has 9 heteroatoms. The largest absolute Gasteiger partial charge is 0.337 e. The molecule has 0 fully saturated rings. The zero-order valence-electron chi connectivity index (χ0n) is 18.6. The van der Waals surface area contributed by atoms with Crippen LogP contribution in [0.4, 0.5) is 5.13 Å². The Morgan fingerprint density at radius 3 is 2.73 bits per heavy atom. The molecule has 1 amide bonds. The molecule has 0 N–H and O–H groups in total. The van der Waals surface area contributed by atoms with Crippen LogP contribution in [0.5, 0.6) is 0 Å². The molecule has 0 aliphatic carbocycles. The van der Waals surface area contributed by atoms with Crippen molar-refractivity contribution < 1.29 is 13.2 Å². The highest BCUT2D eigenvalue weighted by Crippen LogP contribution is 2.31. The maximum atomic E-state index is 13.6. The van der Waals surface area contributed by atoms with Crippen LogP contribution in [-0.4, -0.2) is 41.2 Å². The number of fused-ring (bicyclic) bond motifs is 1. The normalized spacial score (nSPS) is 11.7. The number of benzene rings is 2. The summed E-state index contributed by atoms with van der Waals surface area (Å²) >= 11 is 1.48. The molecule has 0 atom stereocenters. The standard InChI is InChI=1S/C24H26N4O3S2/c1-3-18-9-10-21-22(15-18)32-24(26-21)28(13-6-12-27-14-11-25-17-27)23(29)19-7-5-8-20(16-19)33(30,31)4-2/h5,7-11,14-17H,3-4,6,12-13H2,1-2H3. The van der Waals surface area contributed by atoms with E-state index in [2.05, 4.69) is 24.0 Å². The Morgan fingerprint density at radius 2 is 2.00 bits per heavy atom. The number of imidazole rings is 1. The van der Waals surface area contributed by atoms with E-state index in [1.807, 2.05) is 16.8 Å². The number of sulfone groups is 1. The molecule has 7 nitrogen and oxygen atoms in total. The number of anilines is 1. The maximum Gasteiger partial charge on any atom is 0.260 e. The van der Waals surface area contributed by atoms with Crippen molar-refractivity contribution in [2.45, 2.75) is 38.1 Å². The summed E-state index contributed by atoms with van der Waals surface area (Å²) in [6, 6.07) is 12.4. The van der Waals surface area contributed by atoms with E-state index >= 15 is 0 Å². The van der Waals surface area contributed by atoms with E-state index in [1.54, 1.807) is 36.5 Å². The number of carbonyl (C=O) groups is 1. The second kappa shape index (κ2) is 9.84. The smallest absolute Gasteiger partial charge is 0.260 e. The minimum Gasteiger partial charge on any atom is -0.337 e. The van der Waals surface area contributed by atoms with E-state index in [1.165, 1.54) is 29.0 Å². The van der Waals surface area contributed by atoms with Gasteiger partial charge in [-0.1, -0.05) is 37.3 Å². The van der Waals surface area contributed by atoms with E-state index < -0.39 is 9.84 Å². The molecule has 0 spiro atoms. The Morgan fingerprint density at radius 1 is 1.15 bits per heavy atom. The Labute approximate surface area is 197 Å². The summed E-state index contributed by atoms with van der Waals surface area (Å²) in [5.41, 5.74) is 2.40. The topological polar surface area (TPSA) is 85.2 Å². The monoisotopic (exact) mass is 482 g/mol. The fraction of sp³-hybridized carbons (Fsp3) is 0.292. The Kier molecular flexibility index (Phi) is 6.90. The van der Waals surface area contributed by atoms with Crippen LogP contribution in [-0.2, 0) is 22.8 Å². The average Bonchev–Trinajstić information content (AvgIpc) is 3.50. The second-order valence-electron chi connectivity index (χ2n) is 7.69. The number of nitrogens with zero attached hydrogens (tertiary/aromatic N) is 4. The highest BCUT2D eigenvalue weighted by molar-refractivity contribution is 7.91. The van der Waals surface area contributed by atoms with Crippen molar-refractivity contribution in [1.29, 1.82) is 0 Å². The SMILES string of the molecule is CCc1ccc2nc(N(CCCn3ccnc3)C(=O)c3cccc(S(=O)(=O)CC)c3)sc2c1. The molecule has 0 saturated heterocycles. The van der Waals surface area contributed by atoms with Crippen molar-refractivity contribution in [3.8, 4) is 0 Å². The first-order valence-corrected chi connectivity index (χ1v) is 13.4. The first kappa shape index (κ1) is 23.1. The van der Waals surface area contributed by atoms with Crippen LogP contribution in [0.1, 0.15) is 36.2 Å². The summed E-state index contributed by atoms with van der Waals surface area (Å²) in [7, 11) is -3.41. The number of rotatable bonds is 9. The maximum absolute atomic E-state index is 13.6. The molecule has 0 saturated carbocycles. The van der Waals surface area contributed by atoms with E-state index in [9.17, 15) is 13.2 Å². The molecule has 0 bridgehead atoms. The molecule has 0 aliphatic heterocycles. The third-order valence-corrected chi connectivity index (χ3v) is 8.28. The quantitative estimate of drug-likeness (QED) is 0.348. The number of amides is 1. The lowest BCUT2D eigenvalue weighted by Crippen LogP contribution is -2.32. The van der Waals surface area contributed by atoms with Crippen LogP contribution in [0.3, 0.4) is 0 Å². The van der Waals surface area contributed by atoms with Crippen LogP contribution in [0.2, 0.25) is 0 Å². The predicted molar refractivity (Wildman–Crippen MR) is 132 cm³/mol. The Hall–Kier alpha value is -3.04. The summed E-state index contributed by atoms with van der Waals surface area (Å²) in [4.78, 5) is 24.2. The third-order valence-electron chi connectivity index (χ3n) is 5.50. The fourth-order valence-electron chi connectivity index (χ4n) is 3.55. The Bertz CT molecular complexity index is 1360. The van der Waals surface area contributed by atoms with E-state index in [-0.39, 0.29) is 16.6 Å². The highest BCUT2D eigenvalue weighted by Gasteiger charge is 2.23. The van der Waals surface area contributed by atoms with Crippen LogP contribution in [0, 0.1) is 0 Å². The zero-order chi connectivity index (χ0) is 23.4. The minimum atomic E-state index is -3.41. The van der Waals surface area contributed by atoms with Gasteiger partial charge in [0.25, 0.3) is 5.91 Å². The number of thiazole rings is 1. The molecule has 0 radical (unpaired) electrons. The number of carbonyl (C=O) groups excluding carboxylic acids is 1. The summed E-state index contributed by atoms with van der Waals surface area (Å²) in [5, 5.41) is 0.609. The van der Waals surface area contributed by atoms with Gasteiger partial charge in [-0.05, 0) is 48.7 Å². The number of aryl methyl sites for hydroxylation is 2. The lowest BCUT2D eigenvalue weighted by molar-refractivity contribution is 0.0986. The van der Waals surface area contributed by atoms with Gasteiger partial charge in [0.2, 0.25) is 0 Å². The van der Waals surface area contributed by atoms with Gasteiger partial charge >= 0.3 is 0 Å². The van der Waals surface area contributed by atoms with Gasteiger partial charge in [0.1, 0.15) is 0 Å². The van der Waals surface area contributed by atoms with E-state index in [0.29, 0.717) is 30.2 Å². The molecular formula is C24H26N4O3S2. The van der Waals surface area contributed by atoms with Crippen LogP contribution in [0.15, 0.2) is 66.1 Å². The van der Waals surface area contributed by atoms with Crippen LogP contribution < -0.4 is 4.90 Å². The van der Waals surface area contributed by atoms with Crippen molar-refractivity contribution in [1.82, 2.24) is 14.5 Å². The number of hydrogen-bond donors (Lipinski definition) is 0. The van der Waals surface area contributed by atoms with Crippen molar-refractivity contribution in [2.75, 3.05) is 17.2 Å². The molecule has 4 rings (SSSR count). The molecule has 0 unspecified atom stereocenters. The van der Waals surface area contributed by atoms with Gasteiger partial charge < -0.3 is 4.57 Å². The Balaban J connectivity index is 1.67. The van der Waals surface area contributed by atoms with Crippen molar-refractivity contribution in [2.24, 2.45) is 0 Å². The van der Waals surface area contributed by atoms with Crippen molar-refractivity contribution in [3.05, 3.63) is 72.3 Å². The molecule has 0 aliphatic rings. The van der Waals surface area contributed by atoms with Crippen LogP contribution >= 0.6 is 11.3 Å². The number of hydrogen-bond acceptors (Lipinski definition) is 6. The first-order chi connectivity index (χ1) is 15.9. The van der Waals surface area contributed by atoms with E-state index in [0.717, 1.165) is 16.6 Å². The fourth-order valence-corrected chi connectivity index (χ4v) is 5.53. The lowest BCUT2D eigenvalue weighted by Gasteiger charge is -2.20. The van der Waals surface area contributed by atoms with Gasteiger partial charge in [0, 0.05) is 31.0 Å². The first-order valence-electron chi connectivity index (χ1n) is 10.9. The molecule has 33 heavy (non-hydrogen) atoms. The molecule has 172 valence electrons. The predicted octanol–water partition coefficient (Wildman–Crippen LogP) is 4.59. The van der Waals surface area contributed by atoms with Crippen LogP contribution in [0.25, 0.3) is 10.2 Å². The van der Waals surface area contributed by atoms with Gasteiger partial charge in [-0.25, -0.2) is 18.4 Å². The summed E-state index contributed by atoms with van der Waals surface area (Å²) in [6.45, 7) is 4.85. The van der Waals surface area contributed by atoms with Gasteiger partial charge in [-0.2, -0.15) is 0 Å². The molecule has 2 aromatic heterocycles. The number of aromatic nitrogens is 3.